The Balaban J connectivity index is 1.51. The van der Waals surface area contributed by atoms with E-state index in [-0.39, 0.29) is 12.0 Å². The van der Waals surface area contributed by atoms with Gasteiger partial charge in [0.2, 0.25) is 5.91 Å². The maximum absolute atomic E-state index is 13.2. The average Bonchev–Trinajstić information content (AvgIpc) is 3.28. The topological polar surface area (TPSA) is 52.2 Å². The number of amides is 1. The van der Waals surface area contributed by atoms with Gasteiger partial charge < -0.3 is 14.8 Å². The van der Waals surface area contributed by atoms with Crippen LogP contribution in [0.25, 0.3) is 11.0 Å². The highest BCUT2D eigenvalue weighted by Gasteiger charge is 2.37. The van der Waals surface area contributed by atoms with Gasteiger partial charge in [0, 0.05) is 18.5 Å². The van der Waals surface area contributed by atoms with Gasteiger partial charge in [-0.1, -0.05) is 12.1 Å². The Labute approximate surface area is 155 Å². The van der Waals surface area contributed by atoms with Crippen LogP contribution in [0.3, 0.4) is 0 Å². The number of rotatable bonds is 3. The zero-order chi connectivity index (χ0) is 18.3. The van der Waals surface area contributed by atoms with Crippen LogP contribution in [-0.2, 0) is 4.79 Å². The van der Waals surface area contributed by atoms with Crippen molar-refractivity contribution >= 4 is 16.9 Å². The first-order valence-electron chi connectivity index (χ1n) is 10.0. The van der Waals surface area contributed by atoms with Crippen LogP contribution in [0.4, 0.5) is 0 Å². The third-order valence-electron chi connectivity index (χ3n) is 6.19. The summed E-state index contributed by atoms with van der Waals surface area (Å²) in [5.74, 6) is 1.48. The first-order valence-corrected chi connectivity index (χ1v) is 10.0. The molecule has 2 aromatic rings. The molecule has 0 radical (unpaired) electrons. The first kappa shape index (κ1) is 17.5. The molecule has 0 spiro atoms. The number of nitrogens with one attached hydrogen (secondary N) is 1. The molecule has 4 rings (SSSR count). The van der Waals surface area contributed by atoms with Crippen molar-refractivity contribution in [3.05, 3.63) is 29.6 Å². The molecule has 2 aliphatic heterocycles. The zero-order valence-corrected chi connectivity index (χ0v) is 16.2. The Bertz CT molecular complexity index is 788. The number of fused-ring (bicyclic) bond motifs is 1. The maximum Gasteiger partial charge on any atom is 0.226 e. The third-order valence-corrected chi connectivity index (χ3v) is 6.19. The van der Waals surface area contributed by atoms with Crippen molar-refractivity contribution in [3.63, 3.8) is 0 Å². The van der Waals surface area contributed by atoms with Gasteiger partial charge in [-0.25, -0.2) is 4.98 Å². The molecule has 1 N–H and O–H groups in total. The SMILES string of the molecule is Cc1cccc2[nH]c([C@H]3CCCN3C(=O)C3CCN(C(C)C)CC3)nc12. The Morgan fingerprint density at radius 2 is 1.96 bits per heavy atom. The van der Waals surface area contributed by atoms with E-state index in [0.29, 0.717) is 11.9 Å². The Kier molecular flexibility index (Phi) is 4.74. The minimum atomic E-state index is 0.109. The second kappa shape index (κ2) is 7.03. The molecule has 0 unspecified atom stereocenters. The molecular formula is C21H30N4O. The summed E-state index contributed by atoms with van der Waals surface area (Å²) < 4.78 is 0. The normalized spacial score (nSPS) is 22.6. The first-order chi connectivity index (χ1) is 12.5. The minimum Gasteiger partial charge on any atom is -0.340 e. The summed E-state index contributed by atoms with van der Waals surface area (Å²) in [6.45, 7) is 9.51. The van der Waals surface area contributed by atoms with Crippen LogP contribution in [0.2, 0.25) is 0 Å². The highest BCUT2D eigenvalue weighted by molar-refractivity contribution is 5.81. The van der Waals surface area contributed by atoms with Crippen LogP contribution in [0.5, 0.6) is 0 Å². The van der Waals surface area contributed by atoms with Crippen LogP contribution in [-0.4, -0.2) is 51.4 Å². The highest BCUT2D eigenvalue weighted by Crippen LogP contribution is 2.34. The van der Waals surface area contributed by atoms with Crippen LogP contribution < -0.4 is 0 Å². The molecule has 2 fully saturated rings. The number of H-pyrrole nitrogens is 1. The molecule has 2 aliphatic rings. The summed E-state index contributed by atoms with van der Waals surface area (Å²) in [6.07, 6.45) is 4.05. The summed E-state index contributed by atoms with van der Waals surface area (Å²) in [7, 11) is 0. The predicted molar refractivity (Wildman–Crippen MR) is 104 cm³/mol. The molecule has 1 aromatic carbocycles. The third kappa shape index (κ3) is 3.13. The van der Waals surface area contributed by atoms with Gasteiger partial charge in [0.05, 0.1) is 17.1 Å². The number of aromatic nitrogens is 2. The van der Waals surface area contributed by atoms with E-state index in [1.165, 1.54) is 5.56 Å². The van der Waals surface area contributed by atoms with Gasteiger partial charge in [0.1, 0.15) is 5.82 Å². The monoisotopic (exact) mass is 354 g/mol. The molecule has 5 heteroatoms. The lowest BCUT2D eigenvalue weighted by molar-refractivity contribution is -0.138. The van der Waals surface area contributed by atoms with Gasteiger partial charge in [-0.05, 0) is 71.2 Å². The van der Waals surface area contributed by atoms with E-state index in [0.717, 1.165) is 62.2 Å². The molecule has 3 heterocycles. The van der Waals surface area contributed by atoms with Crippen molar-refractivity contribution in [2.24, 2.45) is 5.92 Å². The fourth-order valence-corrected chi connectivity index (χ4v) is 4.56. The number of aryl methyl sites for hydroxylation is 1. The number of piperidine rings is 1. The van der Waals surface area contributed by atoms with E-state index < -0.39 is 0 Å². The Hall–Kier alpha value is -1.88. The smallest absolute Gasteiger partial charge is 0.226 e. The number of hydrogen-bond donors (Lipinski definition) is 1. The number of likely N-dealkylation sites (tertiary alicyclic amines) is 2. The van der Waals surface area contributed by atoms with Crippen molar-refractivity contribution in [2.75, 3.05) is 19.6 Å². The van der Waals surface area contributed by atoms with Crippen LogP contribution in [0, 0.1) is 12.8 Å². The van der Waals surface area contributed by atoms with Crippen molar-refractivity contribution in [1.82, 2.24) is 19.8 Å². The second-order valence-corrected chi connectivity index (χ2v) is 8.19. The number of carbonyl (C=O) groups is 1. The molecule has 5 nitrogen and oxygen atoms in total. The number of imidazole rings is 1. The van der Waals surface area contributed by atoms with Crippen molar-refractivity contribution < 1.29 is 4.79 Å². The summed E-state index contributed by atoms with van der Waals surface area (Å²) >= 11 is 0. The molecule has 0 saturated carbocycles. The van der Waals surface area contributed by atoms with E-state index in [1.54, 1.807) is 0 Å². The van der Waals surface area contributed by atoms with Gasteiger partial charge in [-0.2, -0.15) is 0 Å². The number of benzene rings is 1. The fourth-order valence-electron chi connectivity index (χ4n) is 4.56. The lowest BCUT2D eigenvalue weighted by Crippen LogP contribution is -2.44. The second-order valence-electron chi connectivity index (χ2n) is 8.19. The fraction of sp³-hybridized carbons (Fsp3) is 0.619. The molecule has 0 bridgehead atoms. The zero-order valence-electron chi connectivity index (χ0n) is 16.2. The number of carbonyl (C=O) groups excluding carboxylic acids is 1. The molecular weight excluding hydrogens is 324 g/mol. The molecule has 1 atom stereocenters. The Morgan fingerprint density at radius 1 is 1.19 bits per heavy atom. The number of nitrogens with zero attached hydrogens (tertiary/aromatic N) is 3. The van der Waals surface area contributed by atoms with E-state index >= 15 is 0 Å². The summed E-state index contributed by atoms with van der Waals surface area (Å²) in [5, 5.41) is 0. The molecule has 2 saturated heterocycles. The highest BCUT2D eigenvalue weighted by atomic mass is 16.2. The average molecular weight is 354 g/mol. The number of para-hydroxylation sites is 1. The van der Waals surface area contributed by atoms with Crippen LogP contribution in [0.1, 0.15) is 57.0 Å². The van der Waals surface area contributed by atoms with E-state index in [4.69, 9.17) is 4.98 Å². The molecule has 26 heavy (non-hydrogen) atoms. The molecule has 1 amide bonds. The molecule has 140 valence electrons. The molecule has 1 aromatic heterocycles. The van der Waals surface area contributed by atoms with Gasteiger partial charge in [0.25, 0.3) is 0 Å². The van der Waals surface area contributed by atoms with Gasteiger partial charge in [-0.15, -0.1) is 0 Å². The summed E-state index contributed by atoms with van der Waals surface area (Å²) in [6, 6.07) is 6.90. The van der Waals surface area contributed by atoms with Gasteiger partial charge >= 0.3 is 0 Å². The largest absolute Gasteiger partial charge is 0.340 e. The standard InChI is InChI=1S/C21H30N4O/c1-14(2)24-12-9-16(10-13-24)21(26)25-11-5-8-18(25)20-22-17-7-4-6-15(3)19(17)23-20/h4,6-7,14,16,18H,5,8-13H2,1-3H3,(H,22,23)/t18-/m1/s1. The van der Waals surface area contributed by atoms with Crippen LogP contribution in [0.15, 0.2) is 18.2 Å². The van der Waals surface area contributed by atoms with Crippen molar-refractivity contribution in [2.45, 2.75) is 58.5 Å². The molecule has 0 aliphatic carbocycles. The summed E-state index contributed by atoms with van der Waals surface area (Å²) in [5.41, 5.74) is 3.29. The van der Waals surface area contributed by atoms with Crippen molar-refractivity contribution in [1.29, 1.82) is 0 Å². The van der Waals surface area contributed by atoms with Crippen molar-refractivity contribution in [3.8, 4) is 0 Å². The number of hydrogen-bond acceptors (Lipinski definition) is 3. The minimum absolute atomic E-state index is 0.109. The van der Waals surface area contributed by atoms with Crippen LogP contribution >= 0.6 is 0 Å². The summed E-state index contributed by atoms with van der Waals surface area (Å²) in [4.78, 5) is 26.1. The number of aromatic amines is 1. The lowest BCUT2D eigenvalue weighted by atomic mass is 9.94. The lowest BCUT2D eigenvalue weighted by Gasteiger charge is -2.36. The van der Waals surface area contributed by atoms with Gasteiger partial charge in [-0.3, -0.25) is 4.79 Å². The predicted octanol–water partition coefficient (Wildman–Crippen LogP) is 3.66. The van der Waals surface area contributed by atoms with E-state index in [2.05, 4.69) is 53.8 Å². The van der Waals surface area contributed by atoms with Gasteiger partial charge in [0.15, 0.2) is 0 Å². The van der Waals surface area contributed by atoms with E-state index in [9.17, 15) is 4.79 Å². The Morgan fingerprint density at radius 3 is 2.65 bits per heavy atom. The quantitative estimate of drug-likeness (QED) is 0.915. The van der Waals surface area contributed by atoms with E-state index in [1.807, 2.05) is 0 Å². The maximum atomic E-state index is 13.2.